The standard InChI is InChI=1S/C16H12FN3O2/c17-12-7-4-8-13-11(12)9-14(18-13)16(22)20-19-15(21)10-5-2-1-3-6-10/h1-9,18H,(H,19,21)(H,20,22). The molecule has 0 bridgehead atoms. The van der Waals surface area contributed by atoms with E-state index in [0.29, 0.717) is 16.5 Å². The Morgan fingerprint density at radius 3 is 2.36 bits per heavy atom. The molecule has 3 aromatic rings. The topological polar surface area (TPSA) is 74.0 Å². The summed E-state index contributed by atoms with van der Waals surface area (Å²) in [5.74, 6) is -1.41. The molecule has 5 nitrogen and oxygen atoms in total. The number of nitrogens with one attached hydrogen (secondary N) is 3. The maximum absolute atomic E-state index is 13.6. The lowest BCUT2D eigenvalue weighted by Crippen LogP contribution is -2.41. The van der Waals surface area contributed by atoms with Gasteiger partial charge < -0.3 is 4.98 Å². The van der Waals surface area contributed by atoms with E-state index in [-0.39, 0.29) is 5.69 Å². The van der Waals surface area contributed by atoms with Gasteiger partial charge in [0.1, 0.15) is 11.5 Å². The summed E-state index contributed by atoms with van der Waals surface area (Å²) < 4.78 is 13.6. The predicted octanol–water partition coefficient (Wildman–Crippen LogP) is 2.38. The second-order valence-corrected chi connectivity index (χ2v) is 4.66. The van der Waals surface area contributed by atoms with Crippen LogP contribution in [0.4, 0.5) is 4.39 Å². The first kappa shape index (κ1) is 13.8. The third kappa shape index (κ3) is 2.67. The highest BCUT2D eigenvalue weighted by Gasteiger charge is 2.12. The molecule has 0 aliphatic rings. The van der Waals surface area contributed by atoms with Crippen molar-refractivity contribution in [2.75, 3.05) is 0 Å². The number of H-pyrrole nitrogens is 1. The predicted molar refractivity (Wildman–Crippen MR) is 79.6 cm³/mol. The Morgan fingerprint density at radius 1 is 0.909 bits per heavy atom. The van der Waals surface area contributed by atoms with Crippen molar-refractivity contribution < 1.29 is 14.0 Å². The van der Waals surface area contributed by atoms with E-state index in [0.717, 1.165) is 0 Å². The first-order chi connectivity index (χ1) is 10.6. The third-order valence-corrected chi connectivity index (χ3v) is 3.18. The van der Waals surface area contributed by atoms with Crippen LogP contribution in [-0.2, 0) is 0 Å². The van der Waals surface area contributed by atoms with Crippen molar-refractivity contribution >= 4 is 22.7 Å². The van der Waals surface area contributed by atoms with E-state index in [1.165, 1.54) is 12.1 Å². The normalized spacial score (nSPS) is 10.4. The zero-order valence-electron chi connectivity index (χ0n) is 11.4. The van der Waals surface area contributed by atoms with Crippen LogP contribution in [0.15, 0.2) is 54.6 Å². The molecule has 110 valence electrons. The number of hydrazine groups is 1. The van der Waals surface area contributed by atoms with Crippen molar-refractivity contribution in [3.8, 4) is 0 Å². The molecule has 0 fully saturated rings. The Balaban J connectivity index is 1.71. The van der Waals surface area contributed by atoms with Gasteiger partial charge >= 0.3 is 0 Å². The zero-order chi connectivity index (χ0) is 15.5. The van der Waals surface area contributed by atoms with Crippen molar-refractivity contribution in [3.05, 3.63) is 71.7 Å². The molecule has 0 unspecified atom stereocenters. The number of fused-ring (bicyclic) bond motifs is 1. The average molecular weight is 297 g/mol. The molecule has 22 heavy (non-hydrogen) atoms. The van der Waals surface area contributed by atoms with E-state index in [1.54, 1.807) is 42.5 Å². The van der Waals surface area contributed by atoms with Crippen LogP contribution in [0.5, 0.6) is 0 Å². The number of benzene rings is 2. The van der Waals surface area contributed by atoms with Crippen molar-refractivity contribution in [3.63, 3.8) is 0 Å². The minimum absolute atomic E-state index is 0.161. The molecule has 0 spiro atoms. The molecule has 0 aliphatic heterocycles. The molecule has 3 N–H and O–H groups in total. The van der Waals surface area contributed by atoms with Gasteiger partial charge in [0, 0.05) is 16.5 Å². The van der Waals surface area contributed by atoms with Crippen LogP contribution >= 0.6 is 0 Å². The number of hydrogen-bond donors (Lipinski definition) is 3. The van der Waals surface area contributed by atoms with Crippen molar-refractivity contribution in [1.29, 1.82) is 0 Å². The fourth-order valence-electron chi connectivity index (χ4n) is 2.08. The minimum atomic E-state index is -0.556. The summed E-state index contributed by atoms with van der Waals surface area (Å²) in [4.78, 5) is 26.6. The number of rotatable bonds is 2. The average Bonchev–Trinajstić information content (AvgIpc) is 2.99. The molecule has 2 amide bonds. The van der Waals surface area contributed by atoms with E-state index in [4.69, 9.17) is 0 Å². The molecule has 1 heterocycles. The van der Waals surface area contributed by atoms with Gasteiger partial charge in [-0.2, -0.15) is 0 Å². The van der Waals surface area contributed by atoms with Gasteiger partial charge in [0.05, 0.1) is 0 Å². The summed E-state index contributed by atoms with van der Waals surface area (Å²) >= 11 is 0. The first-order valence-corrected chi connectivity index (χ1v) is 6.58. The fraction of sp³-hybridized carbons (Fsp3) is 0. The molecule has 0 saturated heterocycles. The van der Waals surface area contributed by atoms with Crippen LogP contribution < -0.4 is 10.9 Å². The molecule has 0 aliphatic carbocycles. The smallest absolute Gasteiger partial charge is 0.286 e. The summed E-state index contributed by atoms with van der Waals surface area (Å²) in [7, 11) is 0. The lowest BCUT2D eigenvalue weighted by molar-refractivity contribution is 0.0844. The number of halogens is 1. The molecule has 1 aromatic heterocycles. The van der Waals surface area contributed by atoms with E-state index >= 15 is 0 Å². The molecule has 6 heteroatoms. The van der Waals surface area contributed by atoms with Crippen molar-refractivity contribution in [2.45, 2.75) is 0 Å². The number of aromatic nitrogens is 1. The van der Waals surface area contributed by atoms with E-state index in [2.05, 4.69) is 15.8 Å². The number of amides is 2. The van der Waals surface area contributed by atoms with Gasteiger partial charge in [0.15, 0.2) is 0 Å². The van der Waals surface area contributed by atoms with Crippen LogP contribution in [0.3, 0.4) is 0 Å². The second-order valence-electron chi connectivity index (χ2n) is 4.66. The van der Waals surface area contributed by atoms with E-state index < -0.39 is 17.6 Å². The molecule has 0 radical (unpaired) electrons. The molecule has 2 aromatic carbocycles. The third-order valence-electron chi connectivity index (χ3n) is 3.18. The van der Waals surface area contributed by atoms with Gasteiger partial charge in [0.2, 0.25) is 0 Å². The monoisotopic (exact) mass is 297 g/mol. The number of hydrogen-bond acceptors (Lipinski definition) is 2. The van der Waals surface area contributed by atoms with Crippen LogP contribution in [-0.4, -0.2) is 16.8 Å². The van der Waals surface area contributed by atoms with Crippen molar-refractivity contribution in [2.24, 2.45) is 0 Å². The number of carbonyl (C=O) groups excluding carboxylic acids is 2. The lowest BCUT2D eigenvalue weighted by atomic mass is 10.2. The molecule has 0 saturated carbocycles. The zero-order valence-corrected chi connectivity index (χ0v) is 11.4. The van der Waals surface area contributed by atoms with Gasteiger partial charge in [-0.25, -0.2) is 4.39 Å². The molecular formula is C16H12FN3O2. The molecular weight excluding hydrogens is 285 g/mol. The number of carbonyl (C=O) groups is 2. The highest BCUT2D eigenvalue weighted by Crippen LogP contribution is 2.18. The first-order valence-electron chi connectivity index (χ1n) is 6.58. The summed E-state index contributed by atoms with van der Waals surface area (Å²) in [6.07, 6.45) is 0. The summed E-state index contributed by atoms with van der Waals surface area (Å²) in [6.45, 7) is 0. The maximum Gasteiger partial charge on any atom is 0.286 e. The Morgan fingerprint density at radius 2 is 1.64 bits per heavy atom. The Kier molecular flexibility index (Phi) is 3.57. The fourth-order valence-corrected chi connectivity index (χ4v) is 2.08. The Hall–Kier alpha value is -3.15. The van der Waals surface area contributed by atoms with Crippen LogP contribution in [0.1, 0.15) is 20.8 Å². The summed E-state index contributed by atoms with van der Waals surface area (Å²) in [5.41, 5.74) is 5.69. The van der Waals surface area contributed by atoms with Crippen LogP contribution in [0, 0.1) is 5.82 Å². The number of aromatic amines is 1. The lowest BCUT2D eigenvalue weighted by Gasteiger charge is -2.05. The Bertz CT molecular complexity index is 843. The van der Waals surface area contributed by atoms with Crippen LogP contribution in [0.25, 0.3) is 10.9 Å². The van der Waals surface area contributed by atoms with Crippen molar-refractivity contribution in [1.82, 2.24) is 15.8 Å². The van der Waals surface area contributed by atoms with Crippen LogP contribution in [0.2, 0.25) is 0 Å². The quantitative estimate of drug-likeness (QED) is 0.635. The Labute approximate surface area is 125 Å². The maximum atomic E-state index is 13.6. The summed E-state index contributed by atoms with van der Waals surface area (Å²) in [6, 6.07) is 14.4. The SMILES string of the molecule is O=C(NNC(=O)c1cc2c(F)cccc2[nH]1)c1ccccc1. The van der Waals surface area contributed by atoms with Gasteiger partial charge in [0.25, 0.3) is 11.8 Å². The van der Waals surface area contributed by atoms with E-state index in [9.17, 15) is 14.0 Å². The van der Waals surface area contributed by atoms with Gasteiger partial charge in [-0.3, -0.25) is 20.4 Å². The largest absolute Gasteiger partial charge is 0.350 e. The van der Waals surface area contributed by atoms with Gasteiger partial charge in [-0.05, 0) is 30.3 Å². The van der Waals surface area contributed by atoms with Gasteiger partial charge in [-0.1, -0.05) is 24.3 Å². The van der Waals surface area contributed by atoms with E-state index in [1.807, 2.05) is 0 Å². The van der Waals surface area contributed by atoms with Gasteiger partial charge in [-0.15, -0.1) is 0 Å². The summed E-state index contributed by atoms with van der Waals surface area (Å²) in [5, 5.41) is 0.321. The molecule has 0 atom stereocenters. The highest BCUT2D eigenvalue weighted by atomic mass is 19.1. The highest BCUT2D eigenvalue weighted by molar-refractivity contribution is 6.00. The second kappa shape index (κ2) is 5.69. The molecule has 3 rings (SSSR count). The minimum Gasteiger partial charge on any atom is -0.350 e.